The number of amides is 2. The molecule has 4 aromatic heterocycles. The lowest BCUT2D eigenvalue weighted by Crippen LogP contribution is -2.32. The van der Waals surface area contributed by atoms with E-state index in [9.17, 15) is 9.59 Å². The molecule has 0 aliphatic rings. The number of carbonyl (C=O) groups excluding carboxylic acids is 2. The highest BCUT2D eigenvalue weighted by Crippen LogP contribution is 2.30. The first kappa shape index (κ1) is 37.0. The maximum absolute atomic E-state index is 12.5. The number of thioether (sulfide) groups is 2. The van der Waals surface area contributed by atoms with Crippen LogP contribution in [-0.2, 0) is 23.2 Å². The van der Waals surface area contributed by atoms with Crippen LogP contribution < -0.4 is 10.2 Å². The summed E-state index contributed by atoms with van der Waals surface area (Å²) in [4.78, 5) is 26.0. The molecule has 6 aromatic rings. The summed E-state index contributed by atoms with van der Waals surface area (Å²) in [5, 5.41) is 20.7. The van der Waals surface area contributed by atoms with Gasteiger partial charge in [-0.3, -0.25) is 9.59 Å². The Morgan fingerprint density at radius 1 is 0.857 bits per heavy atom. The first-order chi connectivity index (χ1) is 23.9. The molecule has 0 spiro atoms. The molecule has 15 heteroatoms. The van der Waals surface area contributed by atoms with Gasteiger partial charge in [-0.1, -0.05) is 85.4 Å². The summed E-state index contributed by atoms with van der Waals surface area (Å²) in [6, 6.07) is 22.4. The predicted molar refractivity (Wildman–Crippen MR) is 195 cm³/mol. The van der Waals surface area contributed by atoms with Crippen molar-refractivity contribution in [2.75, 3.05) is 23.0 Å². The summed E-state index contributed by atoms with van der Waals surface area (Å²) >= 11 is 8.80. The maximum atomic E-state index is 12.5. The number of hydrogen-bond acceptors (Lipinski definition) is 10. The molecule has 2 amide bonds. The molecule has 0 aliphatic heterocycles. The molecular formula is C34H37ClN8O4S2. The zero-order valence-corrected chi connectivity index (χ0v) is 30.1. The minimum atomic E-state index is -0.810. The van der Waals surface area contributed by atoms with E-state index >= 15 is 0 Å². The van der Waals surface area contributed by atoms with Crippen molar-refractivity contribution in [3.63, 3.8) is 0 Å². The van der Waals surface area contributed by atoms with E-state index in [0.29, 0.717) is 16.1 Å². The monoisotopic (exact) mass is 720 g/mol. The lowest BCUT2D eigenvalue weighted by molar-refractivity contribution is -0.116. The van der Waals surface area contributed by atoms with Gasteiger partial charge < -0.3 is 28.2 Å². The molecule has 49 heavy (non-hydrogen) atoms. The van der Waals surface area contributed by atoms with Crippen LogP contribution >= 0.6 is 35.1 Å². The molecule has 1 unspecified atom stereocenters. The van der Waals surface area contributed by atoms with Crippen LogP contribution in [0.15, 0.2) is 117 Å². The van der Waals surface area contributed by atoms with Gasteiger partial charge in [0, 0.05) is 32.0 Å². The van der Waals surface area contributed by atoms with Crippen LogP contribution in [0, 0.1) is 0 Å². The average molecular weight is 721 g/mol. The number of carbonyl (C=O) groups is 2. The topological polar surface area (TPSA) is 137 Å². The normalized spacial score (nSPS) is 11.1. The lowest BCUT2D eigenvalue weighted by atomic mass is 10.3. The Balaban J connectivity index is 0.000000210. The van der Waals surface area contributed by atoms with Crippen molar-refractivity contribution in [3.05, 3.63) is 97.8 Å². The van der Waals surface area contributed by atoms with Gasteiger partial charge in [-0.15, -0.1) is 20.4 Å². The molecule has 256 valence electrons. The van der Waals surface area contributed by atoms with E-state index in [1.54, 1.807) is 42.7 Å². The number of anilines is 2. The number of hydrogen-bond donors (Lipinski definition) is 1. The summed E-state index contributed by atoms with van der Waals surface area (Å²) in [6.45, 7) is 6.73. The third kappa shape index (κ3) is 9.87. The van der Waals surface area contributed by atoms with Gasteiger partial charge in [0.2, 0.25) is 5.91 Å². The zero-order chi connectivity index (χ0) is 35.2. The smallest absolute Gasteiger partial charge is 0.255 e. The number of aromatic nitrogens is 6. The second kappa shape index (κ2) is 18.7. The second-order valence-electron chi connectivity index (χ2n) is 9.81. The van der Waals surface area contributed by atoms with Gasteiger partial charge in [0.05, 0.1) is 29.4 Å². The van der Waals surface area contributed by atoms with Crippen LogP contribution in [-0.4, -0.2) is 58.9 Å². The SMILES string of the molecule is CC.CCn1c(SCC(=O)Nc2ccccc2)nnc1-c1ccoc1.CN(C(=O)C(Cl)Sc1nnc(-c2ccoc2)n1C)c1ccccc1. The fourth-order valence-electron chi connectivity index (χ4n) is 4.27. The number of nitrogens with one attached hydrogen (secondary N) is 1. The molecule has 2 aromatic carbocycles. The van der Waals surface area contributed by atoms with Crippen LogP contribution in [0.2, 0.25) is 0 Å². The maximum Gasteiger partial charge on any atom is 0.255 e. The van der Waals surface area contributed by atoms with Crippen LogP contribution in [0.25, 0.3) is 22.8 Å². The number of para-hydroxylation sites is 2. The van der Waals surface area contributed by atoms with E-state index in [2.05, 4.69) is 25.7 Å². The highest BCUT2D eigenvalue weighted by atomic mass is 35.5. The summed E-state index contributed by atoms with van der Waals surface area (Å²) < 4.78 is 13.1. The third-order valence-corrected chi connectivity index (χ3v) is 9.09. The Bertz CT molecular complexity index is 1860. The zero-order valence-electron chi connectivity index (χ0n) is 27.7. The minimum Gasteiger partial charge on any atom is -0.472 e. The number of nitrogens with zero attached hydrogens (tertiary/aromatic N) is 7. The lowest BCUT2D eigenvalue weighted by Gasteiger charge is -2.19. The van der Waals surface area contributed by atoms with Crippen molar-refractivity contribution < 1.29 is 18.4 Å². The highest BCUT2D eigenvalue weighted by molar-refractivity contribution is 8.01. The van der Waals surface area contributed by atoms with Crippen molar-refractivity contribution in [2.45, 2.75) is 42.3 Å². The number of halogens is 1. The van der Waals surface area contributed by atoms with Crippen molar-refractivity contribution >= 4 is 58.3 Å². The molecule has 6 rings (SSSR count). The Hall–Kier alpha value is -4.79. The van der Waals surface area contributed by atoms with E-state index in [1.165, 1.54) is 16.7 Å². The van der Waals surface area contributed by atoms with Crippen molar-refractivity contribution in [3.8, 4) is 22.8 Å². The van der Waals surface area contributed by atoms with E-state index < -0.39 is 4.71 Å². The second-order valence-corrected chi connectivity index (χ2v) is 12.5. The van der Waals surface area contributed by atoms with Crippen molar-refractivity contribution in [2.24, 2.45) is 7.05 Å². The summed E-state index contributed by atoms with van der Waals surface area (Å²) in [5.74, 6) is 1.38. The Labute approximate surface area is 298 Å². The highest BCUT2D eigenvalue weighted by Gasteiger charge is 2.25. The van der Waals surface area contributed by atoms with E-state index in [-0.39, 0.29) is 17.6 Å². The summed E-state index contributed by atoms with van der Waals surface area (Å²) in [5.41, 5.74) is 3.26. The predicted octanol–water partition coefficient (Wildman–Crippen LogP) is 7.71. The molecule has 12 nitrogen and oxygen atoms in total. The average Bonchev–Trinajstić information content (AvgIpc) is 3.97. The van der Waals surface area contributed by atoms with E-state index in [4.69, 9.17) is 20.4 Å². The Kier molecular flexibility index (Phi) is 14.1. The number of alkyl halides is 1. The minimum absolute atomic E-state index is 0.0725. The van der Waals surface area contributed by atoms with Crippen LogP contribution in [0.5, 0.6) is 0 Å². The largest absolute Gasteiger partial charge is 0.472 e. The van der Waals surface area contributed by atoms with Crippen LogP contribution in [0.1, 0.15) is 20.8 Å². The number of furan rings is 2. The first-order valence-corrected chi connectivity index (χ1v) is 17.6. The molecule has 0 bridgehead atoms. The van der Waals surface area contributed by atoms with Gasteiger partial charge in [-0.05, 0) is 43.3 Å². The molecule has 0 aliphatic carbocycles. The molecule has 1 N–H and O–H groups in total. The quantitative estimate of drug-likeness (QED) is 0.105. The van der Waals surface area contributed by atoms with Gasteiger partial charge >= 0.3 is 0 Å². The molecular weight excluding hydrogens is 684 g/mol. The molecule has 0 fully saturated rings. The Morgan fingerprint density at radius 3 is 2.02 bits per heavy atom. The fraction of sp³-hybridized carbons (Fsp3) is 0.235. The Morgan fingerprint density at radius 2 is 1.43 bits per heavy atom. The molecule has 0 radical (unpaired) electrons. The number of benzene rings is 2. The van der Waals surface area contributed by atoms with Crippen molar-refractivity contribution in [1.29, 1.82) is 0 Å². The van der Waals surface area contributed by atoms with Crippen LogP contribution in [0.3, 0.4) is 0 Å². The summed E-state index contributed by atoms with van der Waals surface area (Å²) in [6.07, 6.45) is 6.39. The van der Waals surface area contributed by atoms with E-state index in [1.807, 2.05) is 99.1 Å². The first-order valence-electron chi connectivity index (χ1n) is 15.3. The molecule has 4 heterocycles. The van der Waals surface area contributed by atoms with E-state index in [0.717, 1.165) is 46.6 Å². The molecule has 1 atom stereocenters. The van der Waals surface area contributed by atoms with Gasteiger partial charge in [0.1, 0.15) is 12.5 Å². The number of rotatable bonds is 11. The van der Waals surface area contributed by atoms with Gasteiger partial charge in [-0.25, -0.2) is 0 Å². The third-order valence-electron chi connectivity index (χ3n) is 6.69. The molecule has 0 saturated carbocycles. The van der Waals surface area contributed by atoms with Crippen LogP contribution in [0.4, 0.5) is 11.4 Å². The molecule has 0 saturated heterocycles. The fourth-order valence-corrected chi connectivity index (χ4v) is 6.23. The summed E-state index contributed by atoms with van der Waals surface area (Å²) in [7, 11) is 3.51. The van der Waals surface area contributed by atoms with Gasteiger partial charge in [0.15, 0.2) is 26.7 Å². The van der Waals surface area contributed by atoms with Gasteiger partial charge in [-0.2, -0.15) is 0 Å². The van der Waals surface area contributed by atoms with Gasteiger partial charge in [0.25, 0.3) is 5.91 Å². The van der Waals surface area contributed by atoms with Crippen molar-refractivity contribution in [1.82, 2.24) is 29.5 Å². The standard InChI is InChI=1S/C16H15ClN4O2S.C16H16N4O2S.C2H6/c1-20(12-6-4-3-5-7-12)15(22)13(17)24-16-19-18-14(21(16)2)11-8-9-23-10-11;1-2-20-15(12-8-9-22-10-12)18-19-16(20)23-11-14(21)17-13-6-4-3-5-7-13;1-2/h3-10,13H,1-2H3;3-10H,2,11H2,1H3,(H,17,21);1-2H3.